The van der Waals surface area contributed by atoms with Gasteiger partial charge in [0.2, 0.25) is 0 Å². The van der Waals surface area contributed by atoms with E-state index in [1.807, 2.05) is 11.3 Å². The van der Waals surface area contributed by atoms with Gasteiger partial charge in [-0.15, -0.1) is 11.3 Å². The lowest BCUT2D eigenvalue weighted by molar-refractivity contribution is -0.142. The van der Waals surface area contributed by atoms with Crippen molar-refractivity contribution in [3.05, 3.63) is 21.9 Å². The highest BCUT2D eigenvalue weighted by atomic mass is 32.1. The van der Waals surface area contributed by atoms with Gasteiger partial charge < -0.3 is 4.74 Å². The molecule has 0 fully saturated rings. The van der Waals surface area contributed by atoms with Gasteiger partial charge >= 0.3 is 5.97 Å². The molecule has 0 aliphatic heterocycles. The fourth-order valence-corrected chi connectivity index (χ4v) is 2.86. The minimum atomic E-state index is -0.190. The van der Waals surface area contributed by atoms with Crippen molar-refractivity contribution in [3.8, 4) is 0 Å². The van der Waals surface area contributed by atoms with Gasteiger partial charge in [-0.1, -0.05) is 20.3 Å². The van der Waals surface area contributed by atoms with Crippen molar-refractivity contribution in [1.29, 1.82) is 0 Å². The molecule has 0 saturated carbocycles. The molecular weight excluding hydrogens is 220 g/mol. The summed E-state index contributed by atoms with van der Waals surface area (Å²) in [6, 6.07) is 4.40. The van der Waals surface area contributed by atoms with Crippen LogP contribution in [-0.4, -0.2) is 12.6 Å². The van der Waals surface area contributed by atoms with Crippen LogP contribution >= 0.6 is 11.3 Å². The monoisotopic (exact) mass is 240 g/mol. The van der Waals surface area contributed by atoms with Crippen LogP contribution in [0.4, 0.5) is 0 Å². The minimum Gasteiger partial charge on any atom is -0.466 e. The van der Waals surface area contributed by atoms with Crippen LogP contribution in [0, 0.1) is 5.92 Å². The van der Waals surface area contributed by atoms with Crippen LogP contribution < -0.4 is 0 Å². The summed E-state index contributed by atoms with van der Waals surface area (Å²) in [5.74, 6) is 0.210. The second kappa shape index (κ2) is 6.69. The highest BCUT2D eigenvalue weighted by molar-refractivity contribution is 7.11. The van der Waals surface area contributed by atoms with Gasteiger partial charge in [0.05, 0.1) is 6.61 Å². The first-order valence-corrected chi connectivity index (χ1v) is 6.64. The highest BCUT2D eigenvalue weighted by Gasteiger charge is 2.07. The van der Waals surface area contributed by atoms with E-state index in [1.54, 1.807) is 0 Å². The molecule has 0 amide bonds. The van der Waals surface area contributed by atoms with Crippen LogP contribution in [0.3, 0.4) is 0 Å². The Morgan fingerprint density at radius 1 is 1.44 bits per heavy atom. The number of ether oxygens (including phenoxy) is 1. The number of thiophene rings is 1. The minimum absolute atomic E-state index is 0.190. The molecule has 1 aromatic heterocycles. The van der Waals surface area contributed by atoms with Crippen molar-refractivity contribution in [3.63, 3.8) is 0 Å². The molecule has 0 aromatic carbocycles. The first-order chi connectivity index (χ1) is 7.61. The molecule has 1 rings (SSSR count). The van der Waals surface area contributed by atoms with Gasteiger partial charge in [0.15, 0.2) is 0 Å². The number of hydrogen-bond donors (Lipinski definition) is 0. The zero-order valence-corrected chi connectivity index (χ0v) is 11.1. The van der Waals surface area contributed by atoms with Crippen molar-refractivity contribution in [2.24, 2.45) is 5.92 Å². The molecule has 3 heteroatoms. The number of aryl methyl sites for hydroxylation is 1. The standard InChI is InChI=1S/C13H20O2S/c1-4-5-12-6-7-13(16-12)8-10(2)9-15-11(3)14/h6-7,10H,4-5,8-9H2,1-3H3/t10-/m0/s1. The Labute approximate surface area is 102 Å². The number of esters is 1. The summed E-state index contributed by atoms with van der Waals surface area (Å²) in [6.07, 6.45) is 3.37. The molecule has 1 atom stereocenters. The first kappa shape index (κ1) is 13.2. The summed E-state index contributed by atoms with van der Waals surface area (Å²) in [6.45, 7) is 6.29. The zero-order chi connectivity index (χ0) is 12.0. The molecule has 16 heavy (non-hydrogen) atoms. The summed E-state index contributed by atoms with van der Waals surface area (Å²) in [4.78, 5) is 13.5. The Balaban J connectivity index is 2.37. The maximum atomic E-state index is 10.7. The normalized spacial score (nSPS) is 12.4. The number of carbonyl (C=O) groups is 1. The predicted octanol–water partition coefficient (Wildman–Crippen LogP) is 3.44. The summed E-state index contributed by atoms with van der Waals surface area (Å²) >= 11 is 1.88. The van der Waals surface area contributed by atoms with Gasteiger partial charge in [-0.25, -0.2) is 0 Å². The molecule has 0 bridgehead atoms. The van der Waals surface area contributed by atoms with Crippen molar-refractivity contribution < 1.29 is 9.53 Å². The fraction of sp³-hybridized carbons (Fsp3) is 0.615. The molecule has 0 N–H and O–H groups in total. The second-order valence-electron chi connectivity index (χ2n) is 4.23. The van der Waals surface area contributed by atoms with E-state index in [-0.39, 0.29) is 5.97 Å². The summed E-state index contributed by atoms with van der Waals surface area (Å²) in [7, 11) is 0. The predicted molar refractivity (Wildman–Crippen MR) is 67.8 cm³/mol. The van der Waals surface area contributed by atoms with E-state index in [2.05, 4.69) is 26.0 Å². The van der Waals surface area contributed by atoms with Crippen LogP contribution in [0.15, 0.2) is 12.1 Å². The van der Waals surface area contributed by atoms with E-state index in [0.717, 1.165) is 6.42 Å². The fourth-order valence-electron chi connectivity index (χ4n) is 1.57. The molecule has 2 nitrogen and oxygen atoms in total. The lowest BCUT2D eigenvalue weighted by atomic mass is 10.1. The van der Waals surface area contributed by atoms with E-state index < -0.39 is 0 Å². The summed E-state index contributed by atoms with van der Waals surface area (Å²) < 4.78 is 5.00. The van der Waals surface area contributed by atoms with Crippen molar-refractivity contribution in [2.45, 2.75) is 40.0 Å². The Hall–Kier alpha value is -0.830. The first-order valence-electron chi connectivity index (χ1n) is 5.82. The van der Waals surface area contributed by atoms with Crippen molar-refractivity contribution >= 4 is 17.3 Å². The van der Waals surface area contributed by atoms with Crippen LogP contribution in [0.2, 0.25) is 0 Å². The molecule has 90 valence electrons. The van der Waals surface area contributed by atoms with Gasteiger partial charge in [-0.05, 0) is 30.9 Å². The molecule has 0 aliphatic carbocycles. The zero-order valence-electron chi connectivity index (χ0n) is 10.3. The van der Waals surface area contributed by atoms with Crippen molar-refractivity contribution in [1.82, 2.24) is 0 Å². The van der Waals surface area contributed by atoms with Crippen LogP contribution in [0.25, 0.3) is 0 Å². The number of carbonyl (C=O) groups excluding carboxylic acids is 1. The highest BCUT2D eigenvalue weighted by Crippen LogP contribution is 2.21. The third kappa shape index (κ3) is 4.79. The SMILES string of the molecule is CCCc1ccc(C[C@H](C)COC(C)=O)s1. The second-order valence-corrected chi connectivity index (χ2v) is 5.48. The van der Waals surface area contributed by atoms with Gasteiger partial charge in [0.1, 0.15) is 0 Å². The average molecular weight is 240 g/mol. The van der Waals surface area contributed by atoms with E-state index in [9.17, 15) is 4.79 Å². The Bertz CT molecular complexity index is 330. The lowest BCUT2D eigenvalue weighted by Crippen LogP contribution is -2.10. The topological polar surface area (TPSA) is 26.3 Å². The van der Waals surface area contributed by atoms with E-state index in [4.69, 9.17) is 4.74 Å². The Morgan fingerprint density at radius 2 is 2.12 bits per heavy atom. The molecule has 0 saturated heterocycles. The quantitative estimate of drug-likeness (QED) is 0.712. The molecule has 0 radical (unpaired) electrons. The number of rotatable bonds is 6. The molecule has 0 unspecified atom stereocenters. The molecule has 1 aromatic rings. The molecule has 0 spiro atoms. The third-order valence-electron chi connectivity index (χ3n) is 2.33. The van der Waals surface area contributed by atoms with E-state index in [0.29, 0.717) is 12.5 Å². The Morgan fingerprint density at radius 3 is 2.75 bits per heavy atom. The van der Waals surface area contributed by atoms with Crippen LogP contribution in [-0.2, 0) is 22.4 Å². The number of hydrogen-bond acceptors (Lipinski definition) is 3. The Kier molecular flexibility index (Phi) is 5.53. The van der Waals surface area contributed by atoms with Crippen LogP contribution in [0.5, 0.6) is 0 Å². The van der Waals surface area contributed by atoms with Gasteiger partial charge in [-0.3, -0.25) is 4.79 Å². The lowest BCUT2D eigenvalue weighted by Gasteiger charge is -2.09. The largest absolute Gasteiger partial charge is 0.466 e. The van der Waals surface area contributed by atoms with Crippen LogP contribution in [0.1, 0.15) is 36.9 Å². The molecular formula is C13H20O2S. The van der Waals surface area contributed by atoms with Gasteiger partial charge in [0.25, 0.3) is 0 Å². The van der Waals surface area contributed by atoms with E-state index >= 15 is 0 Å². The van der Waals surface area contributed by atoms with Gasteiger partial charge in [-0.2, -0.15) is 0 Å². The maximum absolute atomic E-state index is 10.7. The third-order valence-corrected chi connectivity index (χ3v) is 3.50. The summed E-state index contributed by atoms with van der Waals surface area (Å²) in [5, 5.41) is 0. The average Bonchev–Trinajstić information content (AvgIpc) is 2.63. The maximum Gasteiger partial charge on any atom is 0.302 e. The molecule has 0 aliphatic rings. The summed E-state index contributed by atoms with van der Waals surface area (Å²) in [5.41, 5.74) is 0. The van der Waals surface area contributed by atoms with Gasteiger partial charge in [0, 0.05) is 16.7 Å². The smallest absolute Gasteiger partial charge is 0.302 e. The van der Waals surface area contributed by atoms with E-state index in [1.165, 1.54) is 29.5 Å². The molecule has 1 heterocycles. The van der Waals surface area contributed by atoms with Crippen molar-refractivity contribution in [2.75, 3.05) is 6.61 Å².